The highest BCUT2D eigenvalue weighted by Gasteiger charge is 2.60. The third-order valence-corrected chi connectivity index (χ3v) is 9.17. The minimum Gasteiger partial charge on any atom is -0.393 e. The topological polar surface area (TPSA) is 37.3 Å². The third-order valence-electron chi connectivity index (χ3n) is 9.17. The summed E-state index contributed by atoms with van der Waals surface area (Å²) in [6.45, 7) is 9.19. The van der Waals surface area contributed by atoms with Crippen LogP contribution in [0.2, 0.25) is 0 Å². The van der Waals surface area contributed by atoms with Crippen molar-refractivity contribution in [3.63, 3.8) is 0 Å². The molecule has 8 atom stereocenters. The van der Waals surface area contributed by atoms with Crippen molar-refractivity contribution in [3.8, 4) is 0 Å². The first-order valence-electron chi connectivity index (χ1n) is 10.4. The second kappa shape index (κ2) is 5.56. The Kier molecular flexibility index (Phi) is 3.95. The maximum Gasteiger partial charge on any atom is 0.133 e. The molecule has 4 rings (SSSR count). The monoisotopic (exact) mass is 332 g/mol. The van der Waals surface area contributed by atoms with Crippen molar-refractivity contribution in [2.45, 2.75) is 85.2 Å². The predicted octanol–water partition coefficient (Wildman–Crippen LogP) is 4.84. The lowest BCUT2D eigenvalue weighted by Gasteiger charge is -2.60. The van der Waals surface area contributed by atoms with E-state index in [-0.39, 0.29) is 11.5 Å². The van der Waals surface area contributed by atoms with Crippen molar-refractivity contribution in [1.29, 1.82) is 0 Å². The number of hydrogen-bond acceptors (Lipinski definition) is 2. The molecule has 8 unspecified atom stereocenters. The minimum atomic E-state index is -0.0653. The molecule has 4 fully saturated rings. The molecule has 0 spiro atoms. The van der Waals surface area contributed by atoms with Gasteiger partial charge in [0, 0.05) is 5.92 Å². The van der Waals surface area contributed by atoms with Gasteiger partial charge < -0.3 is 5.11 Å². The molecule has 0 aliphatic heterocycles. The van der Waals surface area contributed by atoms with Gasteiger partial charge in [0.05, 0.1) is 6.10 Å². The Balaban J connectivity index is 1.64. The van der Waals surface area contributed by atoms with E-state index >= 15 is 0 Å². The molecule has 2 nitrogen and oxygen atoms in total. The largest absolute Gasteiger partial charge is 0.393 e. The summed E-state index contributed by atoms with van der Waals surface area (Å²) in [6.07, 6.45) is 9.52. The van der Waals surface area contributed by atoms with E-state index in [9.17, 15) is 9.90 Å². The fourth-order valence-electron chi connectivity index (χ4n) is 8.15. The van der Waals surface area contributed by atoms with E-state index in [1.54, 1.807) is 0 Å². The van der Waals surface area contributed by atoms with E-state index in [1.165, 1.54) is 32.1 Å². The standard InChI is InChI=1S/C22H36O2/c1-13(23)18-7-8-19-17-12-21(2,3)20-11-14(24)5-6-16(20)15(17)9-10-22(18,19)4/h14-20,24H,5-12H2,1-4H3. The Labute approximate surface area is 147 Å². The number of aliphatic hydroxyl groups excluding tert-OH is 1. The van der Waals surface area contributed by atoms with Gasteiger partial charge in [0.15, 0.2) is 0 Å². The van der Waals surface area contributed by atoms with Crippen LogP contribution in [-0.4, -0.2) is 17.0 Å². The molecule has 2 heteroatoms. The van der Waals surface area contributed by atoms with Gasteiger partial charge in [-0.25, -0.2) is 0 Å². The smallest absolute Gasteiger partial charge is 0.133 e. The van der Waals surface area contributed by atoms with Gasteiger partial charge >= 0.3 is 0 Å². The van der Waals surface area contributed by atoms with Crippen LogP contribution in [0.5, 0.6) is 0 Å². The van der Waals surface area contributed by atoms with Crippen molar-refractivity contribution >= 4 is 5.78 Å². The molecule has 0 saturated heterocycles. The van der Waals surface area contributed by atoms with Gasteiger partial charge in [-0.1, -0.05) is 20.8 Å². The molecular weight excluding hydrogens is 296 g/mol. The summed E-state index contributed by atoms with van der Waals surface area (Å²) in [4.78, 5) is 12.2. The van der Waals surface area contributed by atoms with Crippen LogP contribution in [-0.2, 0) is 4.79 Å². The van der Waals surface area contributed by atoms with Gasteiger partial charge in [-0.2, -0.15) is 0 Å². The van der Waals surface area contributed by atoms with Crippen molar-refractivity contribution in [3.05, 3.63) is 0 Å². The van der Waals surface area contributed by atoms with E-state index < -0.39 is 0 Å². The molecule has 0 bridgehead atoms. The number of hydrogen-bond donors (Lipinski definition) is 1. The predicted molar refractivity (Wildman–Crippen MR) is 96.5 cm³/mol. The first kappa shape index (κ1) is 17.1. The summed E-state index contributed by atoms with van der Waals surface area (Å²) >= 11 is 0. The lowest BCUT2D eigenvalue weighted by molar-refractivity contribution is -0.138. The number of ketones is 1. The minimum absolute atomic E-state index is 0.0653. The lowest BCUT2D eigenvalue weighted by Crippen LogP contribution is -2.54. The van der Waals surface area contributed by atoms with Crippen molar-refractivity contribution in [2.75, 3.05) is 0 Å². The first-order chi connectivity index (χ1) is 11.2. The van der Waals surface area contributed by atoms with Crippen LogP contribution in [0.4, 0.5) is 0 Å². The van der Waals surface area contributed by atoms with E-state index in [2.05, 4.69) is 20.8 Å². The van der Waals surface area contributed by atoms with Crippen molar-refractivity contribution < 1.29 is 9.90 Å². The van der Waals surface area contributed by atoms with E-state index in [0.29, 0.717) is 23.0 Å². The van der Waals surface area contributed by atoms with Crippen molar-refractivity contribution in [2.24, 2.45) is 46.3 Å². The zero-order chi connectivity index (χ0) is 17.3. The van der Waals surface area contributed by atoms with Crippen LogP contribution >= 0.6 is 0 Å². The second-order valence-corrected chi connectivity index (χ2v) is 10.6. The summed E-state index contributed by atoms with van der Waals surface area (Å²) in [5.41, 5.74) is 0.615. The Hall–Kier alpha value is -0.370. The summed E-state index contributed by atoms with van der Waals surface area (Å²) in [5.74, 6) is 4.72. The number of rotatable bonds is 1. The van der Waals surface area contributed by atoms with E-state index in [0.717, 1.165) is 42.9 Å². The molecule has 4 aliphatic carbocycles. The van der Waals surface area contributed by atoms with Crippen LogP contribution in [0.3, 0.4) is 0 Å². The van der Waals surface area contributed by atoms with Gasteiger partial charge in [-0.3, -0.25) is 4.79 Å². The lowest BCUT2D eigenvalue weighted by atomic mass is 9.44. The molecule has 0 aromatic rings. The van der Waals surface area contributed by atoms with Gasteiger partial charge in [0.2, 0.25) is 0 Å². The third kappa shape index (κ3) is 2.35. The average molecular weight is 333 g/mol. The highest BCUT2D eigenvalue weighted by atomic mass is 16.3. The number of fused-ring (bicyclic) bond motifs is 5. The highest BCUT2D eigenvalue weighted by molar-refractivity contribution is 5.79. The van der Waals surface area contributed by atoms with Gasteiger partial charge in [0.1, 0.15) is 5.78 Å². The van der Waals surface area contributed by atoms with Crippen LogP contribution in [0.15, 0.2) is 0 Å². The zero-order valence-corrected chi connectivity index (χ0v) is 16.1. The molecule has 0 heterocycles. The summed E-state index contributed by atoms with van der Waals surface area (Å²) in [6, 6.07) is 0. The Morgan fingerprint density at radius 2 is 1.67 bits per heavy atom. The van der Waals surface area contributed by atoms with Gasteiger partial charge in [-0.05, 0) is 98.7 Å². The molecule has 0 radical (unpaired) electrons. The number of carbonyl (C=O) groups is 1. The van der Waals surface area contributed by atoms with Gasteiger partial charge in [0.25, 0.3) is 0 Å². The Morgan fingerprint density at radius 1 is 0.917 bits per heavy atom. The molecule has 0 amide bonds. The van der Waals surface area contributed by atoms with Crippen LogP contribution in [0.25, 0.3) is 0 Å². The summed E-state index contributed by atoms with van der Waals surface area (Å²) < 4.78 is 0. The maximum absolute atomic E-state index is 12.2. The SMILES string of the molecule is CC(=O)C1CCC2C3CC(C)(C)C4CC(O)CCC4C3CCC12C. The molecule has 4 aliphatic rings. The number of carbonyl (C=O) groups excluding carboxylic acids is 1. The number of Topliss-reactive ketones (excluding diaryl/α,β-unsaturated/α-hetero) is 1. The summed E-state index contributed by atoms with van der Waals surface area (Å²) in [7, 11) is 0. The van der Waals surface area contributed by atoms with E-state index in [4.69, 9.17) is 0 Å². The van der Waals surface area contributed by atoms with Crippen molar-refractivity contribution in [1.82, 2.24) is 0 Å². The van der Waals surface area contributed by atoms with Crippen LogP contribution < -0.4 is 0 Å². The second-order valence-electron chi connectivity index (χ2n) is 10.6. The summed E-state index contributed by atoms with van der Waals surface area (Å²) in [5, 5.41) is 10.2. The molecule has 0 aromatic carbocycles. The van der Waals surface area contributed by atoms with Gasteiger partial charge in [-0.15, -0.1) is 0 Å². The molecular formula is C22H36O2. The normalized spacial score (nSPS) is 53.0. The molecule has 0 aromatic heterocycles. The average Bonchev–Trinajstić information content (AvgIpc) is 2.85. The number of aliphatic hydroxyl groups is 1. The first-order valence-corrected chi connectivity index (χ1v) is 10.4. The van der Waals surface area contributed by atoms with Crippen LogP contribution in [0.1, 0.15) is 79.1 Å². The highest BCUT2D eigenvalue weighted by Crippen LogP contribution is 2.67. The molecule has 1 N–H and O–H groups in total. The Bertz CT molecular complexity index is 524. The van der Waals surface area contributed by atoms with Crippen LogP contribution in [0, 0.1) is 46.3 Å². The molecule has 4 saturated carbocycles. The fourth-order valence-corrected chi connectivity index (χ4v) is 8.15. The molecule has 136 valence electrons. The molecule has 24 heavy (non-hydrogen) atoms. The Morgan fingerprint density at radius 3 is 2.38 bits per heavy atom. The zero-order valence-electron chi connectivity index (χ0n) is 16.1. The van der Waals surface area contributed by atoms with E-state index in [1.807, 2.05) is 6.92 Å². The maximum atomic E-state index is 12.2. The quantitative estimate of drug-likeness (QED) is 0.746. The fraction of sp³-hybridized carbons (Fsp3) is 0.955.